The van der Waals surface area contributed by atoms with Crippen LogP contribution in [0.2, 0.25) is 0 Å². The van der Waals surface area contributed by atoms with Gasteiger partial charge in [0.1, 0.15) is 5.66 Å². The van der Waals surface area contributed by atoms with Crippen molar-refractivity contribution in [1.82, 2.24) is 4.90 Å². The number of anilines is 1. The number of carbonyl (C=O) groups is 2. The van der Waals surface area contributed by atoms with Crippen LogP contribution >= 0.6 is 0 Å². The van der Waals surface area contributed by atoms with Crippen molar-refractivity contribution in [1.29, 1.82) is 0 Å². The molecule has 2 aromatic carbocycles. The number of aryl methyl sites for hydroxylation is 3. The summed E-state index contributed by atoms with van der Waals surface area (Å²) in [6.07, 6.45) is -10.7. The second-order valence-corrected chi connectivity index (χ2v) is 11.0. The molecule has 41 heavy (non-hydrogen) atoms. The van der Waals surface area contributed by atoms with E-state index in [1.165, 1.54) is 4.90 Å². The number of halogens is 6. The van der Waals surface area contributed by atoms with Crippen LogP contribution in [0.25, 0.3) is 0 Å². The van der Waals surface area contributed by atoms with E-state index in [0.29, 0.717) is 37.1 Å². The van der Waals surface area contributed by atoms with E-state index in [2.05, 4.69) is 0 Å². The number of hydrogen-bond donors (Lipinski definition) is 0. The number of methoxy groups -OCH3 is 1. The third-order valence-corrected chi connectivity index (χ3v) is 7.69. The molecule has 2 aromatic rings. The first-order valence-corrected chi connectivity index (χ1v) is 13.2. The minimum atomic E-state index is -5.06. The van der Waals surface area contributed by atoms with Gasteiger partial charge in [0.2, 0.25) is 0 Å². The molecule has 4 rings (SSSR count). The molecule has 0 saturated heterocycles. The van der Waals surface area contributed by atoms with Crippen LogP contribution in [0.1, 0.15) is 66.5 Å². The lowest BCUT2D eigenvalue weighted by Crippen LogP contribution is -2.67. The zero-order chi connectivity index (χ0) is 30.5. The number of carbonyl (C=O) groups excluding carboxylic acids is 2. The average molecular weight is 587 g/mol. The molecule has 6 nitrogen and oxygen atoms in total. The van der Waals surface area contributed by atoms with E-state index in [1.807, 2.05) is 19.9 Å². The standard InChI is InChI=1S/C29H32F6N2O4/c1-16(2)41-26(39)37-24-11-18(4)17(3)10-20(24)8-9-27(37,21-6-7-21)36(25(38)40-5)15-19-12-22(28(30,31)32)14-23(13-19)29(33,34)35/h10-14,16,21H,6-9,15H2,1-5H3. The van der Waals surface area contributed by atoms with E-state index in [9.17, 15) is 35.9 Å². The van der Waals surface area contributed by atoms with Crippen molar-refractivity contribution < 1.29 is 45.4 Å². The van der Waals surface area contributed by atoms with E-state index in [4.69, 9.17) is 9.47 Å². The lowest BCUT2D eigenvalue weighted by molar-refractivity contribution is -0.143. The Morgan fingerprint density at radius 2 is 1.54 bits per heavy atom. The van der Waals surface area contributed by atoms with E-state index >= 15 is 0 Å². The molecular formula is C29H32F6N2O4. The number of alkyl halides is 6. The first-order chi connectivity index (χ1) is 19.0. The fraction of sp³-hybridized carbons (Fsp3) is 0.517. The number of ether oxygens (including phenoxy) is 2. The van der Waals surface area contributed by atoms with Gasteiger partial charge < -0.3 is 9.47 Å². The highest BCUT2D eigenvalue weighted by molar-refractivity contribution is 5.92. The molecule has 0 bridgehead atoms. The van der Waals surface area contributed by atoms with Gasteiger partial charge in [-0.1, -0.05) is 6.07 Å². The quantitative estimate of drug-likeness (QED) is 0.333. The zero-order valence-corrected chi connectivity index (χ0v) is 23.4. The highest BCUT2D eigenvalue weighted by atomic mass is 19.4. The van der Waals surface area contributed by atoms with Crippen LogP contribution in [0.3, 0.4) is 0 Å². The number of benzene rings is 2. The number of amides is 2. The van der Waals surface area contributed by atoms with Gasteiger partial charge in [-0.15, -0.1) is 0 Å². The third kappa shape index (κ3) is 5.97. The van der Waals surface area contributed by atoms with Gasteiger partial charge in [0.25, 0.3) is 0 Å². The largest absolute Gasteiger partial charge is 0.453 e. The van der Waals surface area contributed by atoms with Crippen molar-refractivity contribution in [2.45, 2.75) is 84.0 Å². The second kappa shape index (κ2) is 10.8. The topological polar surface area (TPSA) is 59.1 Å². The summed E-state index contributed by atoms with van der Waals surface area (Å²) >= 11 is 0. The molecule has 0 aromatic heterocycles. The first kappa shape index (κ1) is 30.5. The van der Waals surface area contributed by atoms with Crippen molar-refractivity contribution in [2.24, 2.45) is 5.92 Å². The highest BCUT2D eigenvalue weighted by Gasteiger charge is 2.59. The molecule has 1 aliphatic carbocycles. The summed E-state index contributed by atoms with van der Waals surface area (Å²) in [6, 6.07) is 4.95. The Labute approximate surface area is 234 Å². The fourth-order valence-corrected chi connectivity index (χ4v) is 5.59. The van der Waals surface area contributed by atoms with Crippen molar-refractivity contribution in [3.63, 3.8) is 0 Å². The molecule has 0 N–H and O–H groups in total. The smallest absolute Gasteiger partial charge is 0.416 e. The first-order valence-electron chi connectivity index (χ1n) is 13.2. The lowest BCUT2D eigenvalue weighted by Gasteiger charge is -2.53. The molecule has 1 saturated carbocycles. The molecule has 12 heteroatoms. The molecule has 0 spiro atoms. The molecule has 1 aliphatic heterocycles. The Morgan fingerprint density at radius 3 is 2.02 bits per heavy atom. The van der Waals surface area contributed by atoms with Gasteiger partial charge >= 0.3 is 24.5 Å². The van der Waals surface area contributed by atoms with Crippen LogP contribution in [0.5, 0.6) is 0 Å². The van der Waals surface area contributed by atoms with Crippen molar-refractivity contribution in [2.75, 3.05) is 12.0 Å². The molecule has 1 unspecified atom stereocenters. The summed E-state index contributed by atoms with van der Waals surface area (Å²) < 4.78 is 92.5. The molecule has 1 heterocycles. The van der Waals surface area contributed by atoms with Crippen molar-refractivity contribution in [3.8, 4) is 0 Å². The Morgan fingerprint density at radius 1 is 0.976 bits per heavy atom. The van der Waals surface area contributed by atoms with Gasteiger partial charge in [0, 0.05) is 5.92 Å². The lowest BCUT2D eigenvalue weighted by atomic mass is 9.84. The summed E-state index contributed by atoms with van der Waals surface area (Å²) in [5.41, 5.74) is -1.73. The Balaban J connectivity index is 1.93. The van der Waals surface area contributed by atoms with Crippen molar-refractivity contribution >= 4 is 17.9 Å². The maximum Gasteiger partial charge on any atom is 0.416 e. The van der Waals surface area contributed by atoms with Crippen LogP contribution in [-0.4, -0.2) is 36.0 Å². The van der Waals surface area contributed by atoms with Crippen LogP contribution < -0.4 is 4.90 Å². The molecule has 0 radical (unpaired) electrons. The summed E-state index contributed by atoms with van der Waals surface area (Å²) in [7, 11) is 1.07. The molecule has 1 fully saturated rings. The van der Waals surface area contributed by atoms with Gasteiger partial charge in [-0.3, -0.25) is 9.80 Å². The van der Waals surface area contributed by atoms with E-state index < -0.39 is 59.5 Å². The number of hydrogen-bond acceptors (Lipinski definition) is 4. The highest BCUT2D eigenvalue weighted by Crippen LogP contribution is 2.53. The average Bonchev–Trinajstić information content (AvgIpc) is 3.71. The molecular weight excluding hydrogens is 554 g/mol. The van der Waals surface area contributed by atoms with E-state index in [1.54, 1.807) is 19.9 Å². The predicted octanol–water partition coefficient (Wildman–Crippen LogP) is 8.01. The second-order valence-electron chi connectivity index (χ2n) is 11.0. The number of fused-ring (bicyclic) bond motifs is 1. The summed E-state index contributed by atoms with van der Waals surface area (Å²) in [5, 5.41) is 0. The maximum absolute atomic E-state index is 13.8. The van der Waals surface area contributed by atoms with Gasteiger partial charge in [-0.25, -0.2) is 9.59 Å². The minimum Gasteiger partial charge on any atom is -0.453 e. The molecule has 2 amide bonds. The van der Waals surface area contributed by atoms with Gasteiger partial charge in [-0.05, 0) is 99.9 Å². The Kier molecular flexibility index (Phi) is 8.01. The zero-order valence-electron chi connectivity index (χ0n) is 23.4. The monoisotopic (exact) mass is 586 g/mol. The van der Waals surface area contributed by atoms with Crippen LogP contribution in [0.4, 0.5) is 41.6 Å². The molecule has 1 atom stereocenters. The molecule has 2 aliphatic rings. The minimum absolute atomic E-state index is 0.0386. The molecule has 224 valence electrons. The number of nitrogens with zero attached hydrogens (tertiary/aromatic N) is 2. The Bertz CT molecular complexity index is 1300. The predicted molar refractivity (Wildman–Crippen MR) is 138 cm³/mol. The van der Waals surface area contributed by atoms with Crippen molar-refractivity contribution in [3.05, 3.63) is 63.7 Å². The van der Waals surface area contributed by atoms with Crippen LogP contribution in [0, 0.1) is 19.8 Å². The summed E-state index contributed by atoms with van der Waals surface area (Å²) in [6.45, 7) is 6.42. The normalized spacial score (nSPS) is 19.2. The van der Waals surface area contributed by atoms with Crippen LogP contribution in [0.15, 0.2) is 30.3 Å². The van der Waals surface area contributed by atoms with Gasteiger partial charge in [0.05, 0.1) is 36.6 Å². The maximum atomic E-state index is 13.8. The van der Waals surface area contributed by atoms with Gasteiger partial charge in [-0.2, -0.15) is 26.3 Å². The fourth-order valence-electron chi connectivity index (χ4n) is 5.59. The third-order valence-electron chi connectivity index (χ3n) is 7.69. The summed E-state index contributed by atoms with van der Waals surface area (Å²) in [4.78, 5) is 29.7. The SMILES string of the molecule is COC(=O)N(Cc1cc(C(F)(F)F)cc(C(F)(F)F)c1)C1(C2CC2)CCc2cc(C)c(C)cc2N1C(=O)OC(C)C. The van der Waals surface area contributed by atoms with Gasteiger partial charge in [0.15, 0.2) is 0 Å². The Hall–Kier alpha value is -3.44. The van der Waals surface area contributed by atoms with E-state index in [-0.39, 0.29) is 18.4 Å². The number of rotatable bonds is 5. The van der Waals surface area contributed by atoms with E-state index in [0.717, 1.165) is 28.7 Å². The van der Waals surface area contributed by atoms with Crippen LogP contribution in [-0.2, 0) is 34.8 Å². The summed E-state index contributed by atoms with van der Waals surface area (Å²) in [5.74, 6) is -0.316.